The summed E-state index contributed by atoms with van der Waals surface area (Å²) in [5, 5.41) is 0. The molecular formula is C14H16OS. The molecule has 0 saturated heterocycles. The Balaban J connectivity index is 2.31. The fraction of sp³-hybridized carbons (Fsp3) is 0.286. The van der Waals surface area contributed by atoms with Crippen molar-refractivity contribution in [2.45, 2.75) is 37.0 Å². The first kappa shape index (κ1) is 11.3. The van der Waals surface area contributed by atoms with Gasteiger partial charge in [0.1, 0.15) is 11.5 Å². The Hall–Kier alpha value is -1.15. The predicted molar refractivity (Wildman–Crippen MR) is 68.1 cm³/mol. The molecule has 0 N–H and O–H groups in total. The third-order valence-corrected chi connectivity index (χ3v) is 3.94. The number of rotatable bonds is 3. The zero-order valence-electron chi connectivity index (χ0n) is 9.91. The zero-order chi connectivity index (χ0) is 11.5. The van der Waals surface area contributed by atoms with Crippen molar-refractivity contribution in [2.75, 3.05) is 0 Å². The standard InChI is InChI=1S/C14H16OS/c1-4-13-10(2)14(11(3)15-13)16-12-8-6-5-7-9-12/h5-9H,4H2,1-3H3. The van der Waals surface area contributed by atoms with Gasteiger partial charge in [-0.1, -0.05) is 36.9 Å². The highest BCUT2D eigenvalue weighted by Gasteiger charge is 2.13. The van der Waals surface area contributed by atoms with Gasteiger partial charge in [0, 0.05) is 16.9 Å². The van der Waals surface area contributed by atoms with Gasteiger partial charge in [0.15, 0.2) is 0 Å². The summed E-state index contributed by atoms with van der Waals surface area (Å²) in [5.41, 5.74) is 1.29. The van der Waals surface area contributed by atoms with Crippen molar-refractivity contribution < 1.29 is 4.42 Å². The summed E-state index contributed by atoms with van der Waals surface area (Å²) in [7, 11) is 0. The van der Waals surface area contributed by atoms with Crippen LogP contribution in [0.3, 0.4) is 0 Å². The van der Waals surface area contributed by atoms with Crippen LogP contribution in [-0.4, -0.2) is 0 Å². The van der Waals surface area contributed by atoms with Gasteiger partial charge in [-0.2, -0.15) is 0 Å². The van der Waals surface area contributed by atoms with Crippen LogP contribution in [0.1, 0.15) is 24.0 Å². The Labute approximate surface area is 101 Å². The lowest BCUT2D eigenvalue weighted by Crippen LogP contribution is -1.80. The van der Waals surface area contributed by atoms with Crippen molar-refractivity contribution in [3.8, 4) is 0 Å². The molecule has 0 bridgehead atoms. The Kier molecular flexibility index (Phi) is 3.39. The molecule has 0 spiro atoms. The lowest BCUT2D eigenvalue weighted by molar-refractivity contribution is 0.482. The SMILES string of the molecule is CCc1oc(C)c(Sc2ccccc2)c1C. The number of hydrogen-bond donors (Lipinski definition) is 0. The Morgan fingerprint density at radius 2 is 1.81 bits per heavy atom. The molecule has 1 nitrogen and oxygen atoms in total. The fourth-order valence-electron chi connectivity index (χ4n) is 1.79. The van der Waals surface area contributed by atoms with E-state index < -0.39 is 0 Å². The largest absolute Gasteiger partial charge is 0.465 e. The molecule has 1 aromatic heterocycles. The molecule has 0 aliphatic carbocycles. The second-order valence-electron chi connectivity index (χ2n) is 3.80. The summed E-state index contributed by atoms with van der Waals surface area (Å²) >= 11 is 1.78. The van der Waals surface area contributed by atoms with E-state index in [4.69, 9.17) is 4.42 Å². The molecule has 0 radical (unpaired) electrons. The van der Waals surface area contributed by atoms with Crippen LogP contribution < -0.4 is 0 Å². The zero-order valence-corrected chi connectivity index (χ0v) is 10.7. The van der Waals surface area contributed by atoms with Crippen LogP contribution in [0.15, 0.2) is 44.5 Å². The van der Waals surface area contributed by atoms with Crippen molar-refractivity contribution in [1.29, 1.82) is 0 Å². The monoisotopic (exact) mass is 232 g/mol. The maximum Gasteiger partial charge on any atom is 0.115 e. The molecular weight excluding hydrogens is 216 g/mol. The molecule has 2 heteroatoms. The van der Waals surface area contributed by atoms with E-state index in [1.54, 1.807) is 11.8 Å². The molecule has 2 rings (SSSR count). The maximum atomic E-state index is 5.75. The topological polar surface area (TPSA) is 13.1 Å². The Morgan fingerprint density at radius 3 is 2.38 bits per heavy atom. The van der Waals surface area contributed by atoms with Crippen molar-refractivity contribution in [1.82, 2.24) is 0 Å². The van der Waals surface area contributed by atoms with Crippen LogP contribution >= 0.6 is 11.8 Å². The maximum absolute atomic E-state index is 5.75. The van der Waals surface area contributed by atoms with Crippen molar-refractivity contribution in [3.05, 3.63) is 47.4 Å². The minimum atomic E-state index is 0.960. The molecule has 0 aliphatic heterocycles. The van der Waals surface area contributed by atoms with Gasteiger partial charge in [-0.15, -0.1) is 0 Å². The van der Waals surface area contributed by atoms with Crippen LogP contribution in [0.5, 0.6) is 0 Å². The summed E-state index contributed by atoms with van der Waals surface area (Å²) in [6, 6.07) is 10.4. The minimum Gasteiger partial charge on any atom is -0.465 e. The van der Waals surface area contributed by atoms with E-state index in [-0.39, 0.29) is 0 Å². The normalized spacial score (nSPS) is 10.7. The molecule has 84 valence electrons. The lowest BCUT2D eigenvalue weighted by atomic mass is 10.2. The van der Waals surface area contributed by atoms with Crippen molar-refractivity contribution in [2.24, 2.45) is 0 Å². The van der Waals surface area contributed by atoms with E-state index in [1.165, 1.54) is 15.4 Å². The molecule has 0 unspecified atom stereocenters. The average Bonchev–Trinajstić information content (AvgIpc) is 2.58. The van der Waals surface area contributed by atoms with Crippen LogP contribution in [0, 0.1) is 13.8 Å². The quantitative estimate of drug-likeness (QED) is 0.766. The van der Waals surface area contributed by atoms with Gasteiger partial charge >= 0.3 is 0 Å². The summed E-state index contributed by atoms with van der Waals surface area (Å²) in [5.74, 6) is 2.14. The molecule has 0 fully saturated rings. The molecule has 1 aromatic carbocycles. The van der Waals surface area contributed by atoms with Gasteiger partial charge < -0.3 is 4.42 Å². The molecule has 1 heterocycles. The van der Waals surface area contributed by atoms with Gasteiger partial charge in [0.2, 0.25) is 0 Å². The highest BCUT2D eigenvalue weighted by molar-refractivity contribution is 7.99. The highest BCUT2D eigenvalue weighted by Crippen LogP contribution is 2.36. The molecule has 0 saturated carbocycles. The average molecular weight is 232 g/mol. The third-order valence-electron chi connectivity index (χ3n) is 2.64. The first-order valence-electron chi connectivity index (χ1n) is 5.54. The summed E-state index contributed by atoms with van der Waals surface area (Å²) in [6.45, 7) is 6.31. The molecule has 0 aliphatic rings. The van der Waals surface area contributed by atoms with Crippen molar-refractivity contribution >= 4 is 11.8 Å². The number of hydrogen-bond acceptors (Lipinski definition) is 2. The minimum absolute atomic E-state index is 0.960. The van der Waals surface area contributed by atoms with Gasteiger partial charge in [0.05, 0.1) is 4.90 Å². The van der Waals surface area contributed by atoms with Gasteiger partial charge in [-0.3, -0.25) is 0 Å². The van der Waals surface area contributed by atoms with E-state index in [9.17, 15) is 0 Å². The smallest absolute Gasteiger partial charge is 0.115 e. The molecule has 0 amide bonds. The van der Waals surface area contributed by atoms with E-state index in [0.29, 0.717) is 0 Å². The second kappa shape index (κ2) is 4.79. The van der Waals surface area contributed by atoms with Crippen LogP contribution in [0.4, 0.5) is 0 Å². The Morgan fingerprint density at radius 1 is 1.12 bits per heavy atom. The van der Waals surface area contributed by atoms with Crippen LogP contribution in [-0.2, 0) is 6.42 Å². The second-order valence-corrected chi connectivity index (χ2v) is 4.89. The summed E-state index contributed by atoms with van der Waals surface area (Å²) in [6.07, 6.45) is 0.960. The van der Waals surface area contributed by atoms with Crippen LogP contribution in [0.25, 0.3) is 0 Å². The van der Waals surface area contributed by atoms with E-state index >= 15 is 0 Å². The molecule has 2 aromatic rings. The van der Waals surface area contributed by atoms with E-state index in [0.717, 1.165) is 17.9 Å². The van der Waals surface area contributed by atoms with Gasteiger partial charge in [0.25, 0.3) is 0 Å². The van der Waals surface area contributed by atoms with Gasteiger partial charge in [-0.25, -0.2) is 0 Å². The van der Waals surface area contributed by atoms with Gasteiger partial charge in [-0.05, 0) is 26.0 Å². The number of furan rings is 1. The first-order chi connectivity index (χ1) is 7.72. The fourth-order valence-corrected chi connectivity index (χ4v) is 2.77. The summed E-state index contributed by atoms with van der Waals surface area (Å²) in [4.78, 5) is 2.53. The lowest BCUT2D eigenvalue weighted by Gasteiger charge is -2.00. The predicted octanol–water partition coefficient (Wildman–Crippen LogP) is 4.61. The number of benzene rings is 1. The molecule has 16 heavy (non-hydrogen) atoms. The number of aryl methyl sites for hydroxylation is 2. The molecule has 0 atom stereocenters. The summed E-state index contributed by atoms with van der Waals surface area (Å²) < 4.78 is 5.75. The van der Waals surface area contributed by atoms with Crippen molar-refractivity contribution in [3.63, 3.8) is 0 Å². The third kappa shape index (κ3) is 2.17. The van der Waals surface area contributed by atoms with E-state index in [2.05, 4.69) is 38.1 Å². The Bertz CT molecular complexity index is 471. The van der Waals surface area contributed by atoms with Crippen LogP contribution in [0.2, 0.25) is 0 Å². The van der Waals surface area contributed by atoms with E-state index in [1.807, 2.05) is 13.0 Å². The highest BCUT2D eigenvalue weighted by atomic mass is 32.2. The first-order valence-corrected chi connectivity index (χ1v) is 6.35.